The minimum Gasteiger partial charge on any atom is -0.370 e. The van der Waals surface area contributed by atoms with Gasteiger partial charge in [-0.1, -0.05) is 36.7 Å². The highest BCUT2D eigenvalue weighted by Crippen LogP contribution is 2.37. The number of guanidine groups is 1. The van der Waals surface area contributed by atoms with Gasteiger partial charge in [0.1, 0.15) is 5.82 Å². The Bertz CT molecular complexity index is 1070. The third-order valence-electron chi connectivity index (χ3n) is 5.67. The Morgan fingerprint density at radius 1 is 1.21 bits per heavy atom. The molecule has 0 heterocycles. The van der Waals surface area contributed by atoms with E-state index in [0.717, 1.165) is 35.8 Å². The predicted octanol–water partition coefficient (Wildman–Crippen LogP) is 2.17. The summed E-state index contributed by atoms with van der Waals surface area (Å²) in [5.41, 5.74) is 14.3. The van der Waals surface area contributed by atoms with Crippen molar-refractivity contribution < 1.29 is 14.0 Å². The number of carbonyl (C=O) groups excluding carboxylic acids is 2. The van der Waals surface area contributed by atoms with Crippen LogP contribution in [0.5, 0.6) is 0 Å². The molecule has 0 unspecified atom stereocenters. The molecular weight excluding hydrogens is 447 g/mol. The van der Waals surface area contributed by atoms with Gasteiger partial charge in [0, 0.05) is 24.7 Å². The van der Waals surface area contributed by atoms with Crippen LogP contribution in [0.2, 0.25) is 5.02 Å². The number of benzene rings is 2. The van der Waals surface area contributed by atoms with Crippen molar-refractivity contribution >= 4 is 35.1 Å². The van der Waals surface area contributed by atoms with E-state index in [1.54, 1.807) is 0 Å². The molecular formula is C23H28ClFN6O2. The van der Waals surface area contributed by atoms with Crippen LogP contribution in [0.1, 0.15) is 29.7 Å². The van der Waals surface area contributed by atoms with Crippen molar-refractivity contribution in [3.8, 4) is 0 Å². The fourth-order valence-electron chi connectivity index (χ4n) is 3.87. The molecule has 33 heavy (non-hydrogen) atoms. The molecule has 2 amide bonds. The zero-order valence-corrected chi connectivity index (χ0v) is 19.3. The molecule has 0 aromatic heterocycles. The SMILES string of the molecule is CCN(C)Cc1ccc2c(c1)C[C@H](CN=C(N)N)[C@H]2NC(=O)C(=O)Nc1ccc(Cl)c(F)c1. The quantitative estimate of drug-likeness (QED) is 0.278. The molecule has 0 fully saturated rings. The maximum Gasteiger partial charge on any atom is 0.313 e. The number of rotatable bonds is 7. The minimum absolute atomic E-state index is 0.0381. The lowest BCUT2D eigenvalue weighted by Gasteiger charge is -2.21. The molecule has 0 saturated heterocycles. The van der Waals surface area contributed by atoms with Gasteiger partial charge in [0.05, 0.1) is 11.1 Å². The first-order valence-electron chi connectivity index (χ1n) is 10.6. The van der Waals surface area contributed by atoms with Gasteiger partial charge in [-0.3, -0.25) is 14.6 Å². The Balaban J connectivity index is 1.77. The Morgan fingerprint density at radius 3 is 2.64 bits per heavy atom. The molecule has 0 spiro atoms. The molecule has 2 atom stereocenters. The van der Waals surface area contributed by atoms with Crippen molar-refractivity contribution in [2.45, 2.75) is 25.9 Å². The van der Waals surface area contributed by atoms with Crippen molar-refractivity contribution in [3.05, 3.63) is 63.9 Å². The van der Waals surface area contributed by atoms with E-state index in [1.165, 1.54) is 12.1 Å². The van der Waals surface area contributed by atoms with E-state index in [0.29, 0.717) is 13.0 Å². The van der Waals surface area contributed by atoms with Gasteiger partial charge < -0.3 is 27.0 Å². The molecule has 0 saturated carbocycles. The topological polar surface area (TPSA) is 126 Å². The van der Waals surface area contributed by atoms with Crippen LogP contribution in [0.25, 0.3) is 0 Å². The molecule has 10 heteroatoms. The lowest BCUT2D eigenvalue weighted by atomic mass is 10.0. The summed E-state index contributed by atoms with van der Waals surface area (Å²) in [6.45, 7) is 4.12. The van der Waals surface area contributed by atoms with Crippen LogP contribution >= 0.6 is 11.6 Å². The van der Waals surface area contributed by atoms with Gasteiger partial charge in [-0.25, -0.2) is 4.39 Å². The molecule has 0 radical (unpaired) electrons. The van der Waals surface area contributed by atoms with Gasteiger partial charge in [0.2, 0.25) is 0 Å². The van der Waals surface area contributed by atoms with Crippen LogP contribution in [-0.2, 0) is 22.6 Å². The van der Waals surface area contributed by atoms with E-state index in [9.17, 15) is 14.0 Å². The number of hydrogen-bond donors (Lipinski definition) is 4. The molecule has 0 aliphatic heterocycles. The summed E-state index contributed by atoms with van der Waals surface area (Å²) in [6.07, 6.45) is 0.657. The van der Waals surface area contributed by atoms with Crippen LogP contribution < -0.4 is 22.1 Å². The molecule has 2 aromatic carbocycles. The van der Waals surface area contributed by atoms with Crippen LogP contribution in [0.15, 0.2) is 41.4 Å². The molecule has 3 rings (SSSR count). The first-order chi connectivity index (χ1) is 15.7. The van der Waals surface area contributed by atoms with E-state index >= 15 is 0 Å². The number of anilines is 1. The predicted molar refractivity (Wildman–Crippen MR) is 127 cm³/mol. The number of hydrogen-bond acceptors (Lipinski definition) is 4. The molecule has 0 bridgehead atoms. The summed E-state index contributed by atoms with van der Waals surface area (Å²) >= 11 is 5.66. The van der Waals surface area contributed by atoms with E-state index in [2.05, 4.69) is 33.5 Å². The number of amides is 2. The highest BCUT2D eigenvalue weighted by atomic mass is 35.5. The average molecular weight is 475 g/mol. The smallest absolute Gasteiger partial charge is 0.313 e. The highest BCUT2D eigenvalue weighted by molar-refractivity contribution is 6.39. The third kappa shape index (κ3) is 6.21. The Labute approximate surface area is 197 Å². The van der Waals surface area contributed by atoms with Gasteiger partial charge in [0.15, 0.2) is 5.96 Å². The van der Waals surface area contributed by atoms with Crippen LogP contribution in [0.3, 0.4) is 0 Å². The molecule has 8 nitrogen and oxygen atoms in total. The van der Waals surface area contributed by atoms with Crippen molar-refractivity contribution in [1.82, 2.24) is 10.2 Å². The van der Waals surface area contributed by atoms with E-state index in [4.69, 9.17) is 23.1 Å². The fourth-order valence-corrected chi connectivity index (χ4v) is 3.99. The number of halogens is 2. The summed E-state index contributed by atoms with van der Waals surface area (Å²) in [5.74, 6) is -2.60. The zero-order chi connectivity index (χ0) is 24.1. The first-order valence-corrected chi connectivity index (χ1v) is 11.0. The van der Waals surface area contributed by atoms with Gasteiger partial charge in [-0.05, 0) is 54.9 Å². The Morgan fingerprint density at radius 2 is 1.97 bits per heavy atom. The number of nitrogens with zero attached hydrogens (tertiary/aromatic N) is 2. The van der Waals surface area contributed by atoms with Crippen LogP contribution in [0.4, 0.5) is 10.1 Å². The summed E-state index contributed by atoms with van der Waals surface area (Å²) in [5, 5.41) is 5.10. The largest absolute Gasteiger partial charge is 0.370 e. The number of aliphatic imine (C=N–C) groups is 1. The molecule has 2 aromatic rings. The Kier molecular flexibility index (Phi) is 7.88. The van der Waals surface area contributed by atoms with Gasteiger partial charge in [-0.2, -0.15) is 0 Å². The lowest BCUT2D eigenvalue weighted by molar-refractivity contribution is -0.136. The maximum atomic E-state index is 13.6. The van der Waals surface area contributed by atoms with Gasteiger partial charge in [-0.15, -0.1) is 0 Å². The number of nitrogens with two attached hydrogens (primary N) is 2. The summed E-state index contributed by atoms with van der Waals surface area (Å²) in [4.78, 5) is 31.4. The normalized spacial score (nSPS) is 16.9. The summed E-state index contributed by atoms with van der Waals surface area (Å²) < 4.78 is 13.6. The Hall–Kier alpha value is -3.17. The highest BCUT2D eigenvalue weighted by Gasteiger charge is 2.35. The molecule has 1 aliphatic carbocycles. The second-order valence-electron chi connectivity index (χ2n) is 8.13. The van der Waals surface area contributed by atoms with Gasteiger partial charge >= 0.3 is 11.8 Å². The fraction of sp³-hybridized carbons (Fsp3) is 0.348. The maximum absolute atomic E-state index is 13.6. The first kappa shape index (κ1) is 24.5. The molecule has 6 N–H and O–H groups in total. The summed E-state index contributed by atoms with van der Waals surface area (Å²) in [7, 11) is 2.04. The van der Waals surface area contributed by atoms with Crippen LogP contribution in [0, 0.1) is 11.7 Å². The molecule has 176 valence electrons. The second kappa shape index (κ2) is 10.6. The van der Waals surface area contributed by atoms with E-state index in [1.807, 2.05) is 19.2 Å². The second-order valence-corrected chi connectivity index (χ2v) is 8.53. The number of carbonyl (C=O) groups is 2. The zero-order valence-electron chi connectivity index (χ0n) is 18.6. The monoisotopic (exact) mass is 474 g/mol. The standard InChI is InChI=1S/C23H28ClFN6O2/c1-3-31(2)12-13-4-6-17-14(8-13)9-15(11-28-23(26)27)20(17)30-22(33)21(32)29-16-5-7-18(24)19(25)10-16/h4-8,10,15,20H,3,9,11-12H2,1-2H3,(H,29,32)(H,30,33)(H4,26,27,28)/t15-,20-/m1/s1. The molecule has 1 aliphatic rings. The van der Waals surface area contributed by atoms with Crippen molar-refractivity contribution in [3.63, 3.8) is 0 Å². The third-order valence-corrected chi connectivity index (χ3v) is 5.97. The van der Waals surface area contributed by atoms with E-state index in [-0.39, 0.29) is 22.6 Å². The lowest BCUT2D eigenvalue weighted by Crippen LogP contribution is -2.40. The van der Waals surface area contributed by atoms with Crippen molar-refractivity contribution in [2.75, 3.05) is 25.5 Å². The van der Waals surface area contributed by atoms with E-state index < -0.39 is 23.7 Å². The number of fused-ring (bicyclic) bond motifs is 1. The van der Waals surface area contributed by atoms with Gasteiger partial charge in [0.25, 0.3) is 0 Å². The summed E-state index contributed by atoms with van der Waals surface area (Å²) in [6, 6.07) is 9.43. The average Bonchev–Trinajstić information content (AvgIpc) is 3.11. The number of nitrogens with one attached hydrogen (secondary N) is 2. The van der Waals surface area contributed by atoms with Crippen molar-refractivity contribution in [2.24, 2.45) is 22.4 Å². The van der Waals surface area contributed by atoms with Crippen molar-refractivity contribution in [1.29, 1.82) is 0 Å². The van der Waals surface area contributed by atoms with Crippen LogP contribution in [-0.4, -0.2) is 42.8 Å². The minimum atomic E-state index is -0.910.